The summed E-state index contributed by atoms with van der Waals surface area (Å²) in [6, 6.07) is 0.233. The first-order valence-electron chi connectivity index (χ1n) is 8.73. The molecule has 4 heterocycles. The number of rotatable bonds is 3. The molecule has 0 atom stereocenters. The Morgan fingerprint density at radius 1 is 1.12 bits per heavy atom. The van der Waals surface area contributed by atoms with Crippen LogP contribution in [-0.2, 0) is 6.54 Å². The van der Waals surface area contributed by atoms with Crippen LogP contribution in [0.2, 0.25) is 0 Å². The van der Waals surface area contributed by atoms with Crippen molar-refractivity contribution < 1.29 is 4.79 Å². The van der Waals surface area contributed by atoms with Crippen molar-refractivity contribution in [3.05, 3.63) is 34.8 Å². The molecule has 2 fully saturated rings. The minimum atomic E-state index is 0.233. The topological polar surface area (TPSA) is 54.3 Å². The minimum Gasteiger partial charge on any atom is -0.329 e. The zero-order chi connectivity index (χ0) is 16.4. The van der Waals surface area contributed by atoms with Gasteiger partial charge in [0.05, 0.1) is 17.7 Å². The molecule has 0 aliphatic carbocycles. The molecular weight excluding hydrogens is 322 g/mol. The Kier molecular flexibility index (Phi) is 4.51. The minimum absolute atomic E-state index is 0.233. The van der Waals surface area contributed by atoms with Crippen LogP contribution in [0.3, 0.4) is 0 Å². The summed E-state index contributed by atoms with van der Waals surface area (Å²) in [6.07, 6.45) is 8.20. The summed E-state index contributed by atoms with van der Waals surface area (Å²) in [4.78, 5) is 25.5. The fraction of sp³-hybridized carbons (Fsp3) is 0.588. The van der Waals surface area contributed by atoms with Gasteiger partial charge in [0.15, 0.2) is 0 Å². The number of nitrogens with zero attached hydrogens (tertiary/aromatic N) is 5. The van der Waals surface area contributed by atoms with E-state index in [1.165, 1.54) is 0 Å². The van der Waals surface area contributed by atoms with E-state index in [4.69, 9.17) is 0 Å². The first-order valence-corrected chi connectivity index (χ1v) is 9.67. The Balaban J connectivity index is 1.37. The van der Waals surface area contributed by atoms with E-state index in [0.717, 1.165) is 69.9 Å². The van der Waals surface area contributed by atoms with Gasteiger partial charge in [0, 0.05) is 49.9 Å². The first kappa shape index (κ1) is 15.6. The second kappa shape index (κ2) is 6.93. The highest BCUT2D eigenvalue weighted by Gasteiger charge is 2.29. The Morgan fingerprint density at radius 3 is 2.58 bits per heavy atom. The van der Waals surface area contributed by atoms with Crippen LogP contribution in [0.4, 0.5) is 4.79 Å². The third-order valence-corrected chi connectivity index (χ3v) is 5.71. The van der Waals surface area contributed by atoms with Crippen LogP contribution in [0.25, 0.3) is 0 Å². The number of piperidine rings is 1. The number of likely N-dealkylation sites (tertiary alicyclic amines) is 2. The largest absolute Gasteiger partial charge is 0.329 e. The first-order chi connectivity index (χ1) is 11.8. The highest BCUT2D eigenvalue weighted by atomic mass is 32.1. The van der Waals surface area contributed by atoms with Crippen molar-refractivity contribution in [1.82, 2.24) is 24.3 Å². The SMILES string of the molecule is O=C(N1CCCC1)N1CCC(c2nccn2Cc2cscn2)CC1. The normalized spacial score (nSPS) is 19.2. The van der Waals surface area contributed by atoms with E-state index < -0.39 is 0 Å². The standard InChI is InChI=1S/C17H23N5OS/c23-17(20-6-1-2-7-20)21-8-3-14(4-9-21)16-18-5-10-22(16)11-15-12-24-13-19-15/h5,10,12-14H,1-4,6-9,11H2. The van der Waals surface area contributed by atoms with Crippen molar-refractivity contribution >= 4 is 17.4 Å². The van der Waals surface area contributed by atoms with Gasteiger partial charge in [0.2, 0.25) is 0 Å². The molecule has 128 valence electrons. The average molecular weight is 345 g/mol. The zero-order valence-corrected chi connectivity index (χ0v) is 14.6. The summed E-state index contributed by atoms with van der Waals surface area (Å²) in [6.45, 7) is 4.31. The summed E-state index contributed by atoms with van der Waals surface area (Å²) in [5.41, 5.74) is 2.95. The molecule has 24 heavy (non-hydrogen) atoms. The summed E-state index contributed by atoms with van der Waals surface area (Å²) in [5, 5.41) is 2.08. The molecule has 2 saturated heterocycles. The van der Waals surface area contributed by atoms with Crippen LogP contribution in [0.5, 0.6) is 0 Å². The molecule has 0 unspecified atom stereocenters. The average Bonchev–Trinajstić information content (AvgIpc) is 3.37. The Hall–Kier alpha value is -1.89. The molecule has 0 spiro atoms. The molecule has 0 aromatic carbocycles. The van der Waals surface area contributed by atoms with Crippen LogP contribution >= 0.6 is 11.3 Å². The molecule has 2 aliphatic rings. The Labute approximate surface area is 146 Å². The molecule has 2 aromatic rings. The molecule has 6 nitrogen and oxygen atoms in total. The number of amides is 2. The van der Waals surface area contributed by atoms with Crippen molar-refractivity contribution in [2.45, 2.75) is 38.1 Å². The maximum atomic E-state index is 12.5. The summed E-state index contributed by atoms with van der Waals surface area (Å²) in [5.74, 6) is 1.57. The monoisotopic (exact) mass is 345 g/mol. The lowest BCUT2D eigenvalue weighted by Gasteiger charge is -2.34. The van der Waals surface area contributed by atoms with Crippen molar-refractivity contribution in [3.8, 4) is 0 Å². The number of carbonyl (C=O) groups is 1. The molecule has 0 bridgehead atoms. The smallest absolute Gasteiger partial charge is 0.319 e. The van der Waals surface area contributed by atoms with Gasteiger partial charge < -0.3 is 14.4 Å². The van der Waals surface area contributed by atoms with E-state index in [0.29, 0.717) is 5.92 Å². The highest BCUT2D eigenvalue weighted by molar-refractivity contribution is 7.07. The van der Waals surface area contributed by atoms with Crippen LogP contribution in [0, 0.1) is 0 Å². The molecular formula is C17H23N5OS. The molecule has 2 aliphatic heterocycles. The van der Waals surface area contributed by atoms with Crippen LogP contribution in [-0.4, -0.2) is 56.5 Å². The summed E-state index contributed by atoms with van der Waals surface area (Å²) < 4.78 is 2.21. The van der Waals surface area contributed by atoms with Crippen molar-refractivity contribution in [2.24, 2.45) is 0 Å². The number of aromatic nitrogens is 3. The highest BCUT2D eigenvalue weighted by Crippen LogP contribution is 2.28. The van der Waals surface area contributed by atoms with E-state index in [1.54, 1.807) is 11.3 Å². The van der Waals surface area contributed by atoms with E-state index in [9.17, 15) is 4.79 Å². The van der Waals surface area contributed by atoms with Crippen molar-refractivity contribution in [2.75, 3.05) is 26.2 Å². The van der Waals surface area contributed by atoms with Gasteiger partial charge in [-0.1, -0.05) is 0 Å². The molecule has 0 N–H and O–H groups in total. The lowest BCUT2D eigenvalue weighted by molar-refractivity contribution is 0.147. The molecule has 4 rings (SSSR count). The maximum absolute atomic E-state index is 12.5. The summed E-state index contributed by atoms with van der Waals surface area (Å²) in [7, 11) is 0. The van der Waals surface area contributed by atoms with Crippen LogP contribution < -0.4 is 0 Å². The quantitative estimate of drug-likeness (QED) is 0.859. The van der Waals surface area contributed by atoms with Gasteiger partial charge in [-0.15, -0.1) is 11.3 Å². The lowest BCUT2D eigenvalue weighted by atomic mass is 9.96. The van der Waals surface area contributed by atoms with Crippen LogP contribution in [0.1, 0.15) is 43.1 Å². The number of thiazole rings is 1. The Morgan fingerprint density at radius 2 is 1.88 bits per heavy atom. The zero-order valence-electron chi connectivity index (χ0n) is 13.8. The van der Waals surface area contributed by atoms with Crippen LogP contribution in [0.15, 0.2) is 23.3 Å². The van der Waals surface area contributed by atoms with E-state index in [1.807, 2.05) is 27.7 Å². The summed E-state index contributed by atoms with van der Waals surface area (Å²) >= 11 is 1.62. The lowest BCUT2D eigenvalue weighted by Crippen LogP contribution is -2.45. The van der Waals surface area contributed by atoms with Gasteiger partial charge in [-0.25, -0.2) is 14.8 Å². The number of imidazole rings is 1. The molecule has 7 heteroatoms. The van der Waals surface area contributed by atoms with E-state index >= 15 is 0 Å². The second-order valence-electron chi connectivity index (χ2n) is 6.63. The van der Waals surface area contributed by atoms with Crippen molar-refractivity contribution in [3.63, 3.8) is 0 Å². The van der Waals surface area contributed by atoms with Gasteiger partial charge >= 0.3 is 6.03 Å². The van der Waals surface area contributed by atoms with Gasteiger partial charge in [0.1, 0.15) is 5.82 Å². The second-order valence-corrected chi connectivity index (χ2v) is 7.35. The van der Waals surface area contributed by atoms with Gasteiger partial charge in [-0.2, -0.15) is 0 Å². The molecule has 0 saturated carbocycles. The molecule has 2 aromatic heterocycles. The number of hydrogen-bond donors (Lipinski definition) is 0. The predicted molar refractivity (Wildman–Crippen MR) is 93.2 cm³/mol. The predicted octanol–water partition coefficient (Wildman–Crippen LogP) is 2.78. The van der Waals surface area contributed by atoms with E-state index in [2.05, 4.69) is 19.9 Å². The number of urea groups is 1. The van der Waals surface area contributed by atoms with Gasteiger partial charge in [-0.05, 0) is 25.7 Å². The van der Waals surface area contributed by atoms with Gasteiger partial charge in [0.25, 0.3) is 0 Å². The fourth-order valence-electron chi connectivity index (χ4n) is 3.74. The Bertz CT molecular complexity index is 669. The third-order valence-electron chi connectivity index (χ3n) is 5.07. The number of carbonyl (C=O) groups excluding carboxylic acids is 1. The van der Waals surface area contributed by atoms with E-state index in [-0.39, 0.29) is 6.03 Å². The third kappa shape index (κ3) is 3.17. The fourth-order valence-corrected chi connectivity index (χ4v) is 4.29. The van der Waals surface area contributed by atoms with Gasteiger partial charge in [-0.3, -0.25) is 0 Å². The molecule has 0 radical (unpaired) electrons. The van der Waals surface area contributed by atoms with Crippen molar-refractivity contribution in [1.29, 1.82) is 0 Å². The maximum Gasteiger partial charge on any atom is 0.319 e. The molecule has 2 amide bonds. The number of hydrogen-bond acceptors (Lipinski definition) is 4.